The van der Waals surface area contributed by atoms with E-state index in [1.165, 1.54) is 12.1 Å². The second-order valence-corrected chi connectivity index (χ2v) is 17.2. The highest BCUT2D eigenvalue weighted by molar-refractivity contribution is 5.94. The van der Waals surface area contributed by atoms with Crippen LogP contribution in [0.2, 0.25) is 0 Å². The Balaban J connectivity index is 0.000000222. The molecule has 7 rings (SSSR count). The van der Waals surface area contributed by atoms with E-state index in [9.17, 15) is 59.0 Å². The predicted molar refractivity (Wildman–Crippen MR) is 231 cm³/mol. The van der Waals surface area contributed by atoms with Gasteiger partial charge in [0.05, 0.1) is 30.1 Å². The normalized spacial score (nSPS) is 14.5. The molecule has 0 saturated heterocycles. The zero-order valence-electron chi connectivity index (χ0n) is 36.6. The number of aliphatic hydroxyl groups excluding tert-OH is 1. The maximum atomic E-state index is 13.8. The Bertz CT molecular complexity index is 2590. The fourth-order valence-corrected chi connectivity index (χ4v) is 7.74. The van der Waals surface area contributed by atoms with Crippen molar-refractivity contribution >= 4 is 29.3 Å². The third-order valence-corrected chi connectivity index (χ3v) is 10.9. The van der Waals surface area contributed by atoms with E-state index < -0.39 is 64.7 Å². The van der Waals surface area contributed by atoms with Crippen LogP contribution in [0.1, 0.15) is 76.9 Å². The van der Waals surface area contributed by atoms with E-state index in [1.54, 1.807) is 62.1 Å². The first kappa shape index (κ1) is 50.0. The summed E-state index contributed by atoms with van der Waals surface area (Å²) in [4.78, 5) is 41.0. The molecule has 0 bridgehead atoms. The average molecular weight is 943 g/mol. The van der Waals surface area contributed by atoms with Gasteiger partial charge < -0.3 is 25.4 Å². The number of ether oxygens (including phenoxy) is 1. The number of fused-ring (bicyclic) bond motifs is 2. The van der Waals surface area contributed by atoms with Gasteiger partial charge in [0.1, 0.15) is 23.1 Å². The predicted octanol–water partition coefficient (Wildman–Crippen LogP) is 10.6. The van der Waals surface area contributed by atoms with E-state index in [0.29, 0.717) is 74.6 Å². The quantitative estimate of drug-likeness (QED) is 0.127. The summed E-state index contributed by atoms with van der Waals surface area (Å²) in [5, 5.41) is 16.0. The molecule has 2 aliphatic heterocycles. The van der Waals surface area contributed by atoms with Crippen molar-refractivity contribution < 1.29 is 63.7 Å². The van der Waals surface area contributed by atoms with Crippen LogP contribution in [0.5, 0.6) is 0 Å². The largest absolute Gasteiger partial charge is 0.444 e. The number of alkyl halides is 6. The Labute approximate surface area is 380 Å². The van der Waals surface area contributed by atoms with Crippen LogP contribution in [0.3, 0.4) is 0 Å². The lowest BCUT2D eigenvalue weighted by molar-refractivity contribution is -0.140. The van der Waals surface area contributed by atoms with Crippen LogP contribution in [0.25, 0.3) is 0 Å². The molecule has 3 amide bonds. The molecule has 1 unspecified atom stereocenters. The number of anilines is 2. The third kappa shape index (κ3) is 13.6. The molecule has 5 aromatic rings. The molecule has 0 radical (unpaired) electrons. The topological polar surface area (TPSA) is 111 Å². The van der Waals surface area contributed by atoms with Crippen LogP contribution in [-0.2, 0) is 65.5 Å². The van der Waals surface area contributed by atoms with Gasteiger partial charge in [-0.15, -0.1) is 0 Å². The average Bonchev–Trinajstić information content (AvgIpc) is 3.22. The SMILES string of the molecule is CC(C)(C)OC(=O)N1CCc2c(cccc2NC(=O)Cc2ccc(C(F)(F)F)c(F)c2)C1.O=C(Cc1ccc(C(F)(F)F)c(F)c1)Nc1cccc2c1CCN(CC(O)c1ccc(F)cc1)C2. The molecule has 0 aliphatic carbocycles. The number of carbonyl (C=O) groups excluding carboxylic acids is 3. The Morgan fingerprint density at radius 2 is 1.13 bits per heavy atom. The van der Waals surface area contributed by atoms with Crippen molar-refractivity contribution in [1.82, 2.24) is 9.80 Å². The number of amides is 3. The Morgan fingerprint density at radius 3 is 1.60 bits per heavy atom. The van der Waals surface area contributed by atoms with E-state index in [0.717, 1.165) is 46.5 Å². The van der Waals surface area contributed by atoms with E-state index in [2.05, 4.69) is 15.5 Å². The number of hydrogen-bond acceptors (Lipinski definition) is 6. The number of aliphatic hydroxyl groups is 1. The molecular formula is C49H47F9N4O5. The van der Waals surface area contributed by atoms with Crippen molar-refractivity contribution in [2.24, 2.45) is 0 Å². The number of carbonyl (C=O) groups is 3. The number of nitrogens with zero attached hydrogens (tertiary/aromatic N) is 2. The number of rotatable bonds is 9. The summed E-state index contributed by atoms with van der Waals surface area (Å²) >= 11 is 0. The maximum absolute atomic E-state index is 13.8. The molecule has 0 spiro atoms. The van der Waals surface area contributed by atoms with Gasteiger partial charge in [0, 0.05) is 44.1 Å². The molecule has 0 fully saturated rings. The highest BCUT2D eigenvalue weighted by atomic mass is 19.4. The molecule has 3 N–H and O–H groups in total. The summed E-state index contributed by atoms with van der Waals surface area (Å²) in [7, 11) is 0. The standard InChI is InChI=1S/C26H23F5N2O2.C23H24F4N2O3/c27-19-7-5-17(6-8-19)24(34)15-33-11-10-20-18(14-33)2-1-3-23(20)32-25(35)13-16-4-9-21(22(28)12-16)26(29,30)31;1-22(2,3)32-21(31)29-10-9-16-15(13-29)5-4-6-19(16)28-20(30)12-14-7-8-17(18(24)11-14)23(25,26)27/h1-9,12,24,34H,10-11,13-15H2,(H,32,35);4-8,11H,9-10,12-13H2,1-3H3,(H,28,30). The molecule has 2 aliphatic rings. The van der Waals surface area contributed by atoms with Gasteiger partial charge in [0.25, 0.3) is 0 Å². The highest BCUT2D eigenvalue weighted by Gasteiger charge is 2.35. The van der Waals surface area contributed by atoms with E-state index in [1.807, 2.05) is 12.1 Å². The lowest BCUT2D eigenvalue weighted by Gasteiger charge is -2.32. The Hall–Kier alpha value is -6.40. The molecule has 0 aromatic heterocycles. The van der Waals surface area contributed by atoms with Gasteiger partial charge in [-0.25, -0.2) is 18.0 Å². The second-order valence-electron chi connectivity index (χ2n) is 17.2. The molecule has 67 heavy (non-hydrogen) atoms. The van der Waals surface area contributed by atoms with Crippen LogP contribution in [0, 0.1) is 17.5 Å². The molecule has 5 aromatic carbocycles. The van der Waals surface area contributed by atoms with Crippen molar-refractivity contribution in [2.45, 2.75) is 83.6 Å². The second kappa shape index (κ2) is 20.6. The van der Waals surface area contributed by atoms with Gasteiger partial charge in [-0.1, -0.05) is 48.5 Å². The van der Waals surface area contributed by atoms with Crippen molar-refractivity contribution in [3.05, 3.63) is 165 Å². The van der Waals surface area contributed by atoms with E-state index in [-0.39, 0.29) is 29.8 Å². The summed E-state index contributed by atoms with van der Waals surface area (Å²) in [6, 6.07) is 21.4. The fourth-order valence-electron chi connectivity index (χ4n) is 7.74. The summed E-state index contributed by atoms with van der Waals surface area (Å²) in [6.45, 7) is 7.65. The van der Waals surface area contributed by atoms with Gasteiger partial charge >= 0.3 is 18.4 Å². The summed E-state index contributed by atoms with van der Waals surface area (Å²) in [5.41, 5.74) is 2.35. The minimum atomic E-state index is -4.79. The zero-order chi connectivity index (χ0) is 48.8. The lowest BCUT2D eigenvalue weighted by atomic mass is 9.96. The number of β-amino-alcohol motifs (C(OH)–C–C–N with tert-alkyl or cyclic N) is 1. The molecule has 9 nitrogen and oxygen atoms in total. The van der Waals surface area contributed by atoms with Crippen LogP contribution >= 0.6 is 0 Å². The summed E-state index contributed by atoms with van der Waals surface area (Å²) in [6.07, 6.45) is -10.2. The Kier molecular flexibility index (Phi) is 15.4. The monoisotopic (exact) mass is 942 g/mol. The van der Waals surface area contributed by atoms with Gasteiger partial charge in [0.15, 0.2) is 0 Å². The minimum Gasteiger partial charge on any atom is -0.444 e. The molecule has 0 saturated carbocycles. The summed E-state index contributed by atoms with van der Waals surface area (Å²) < 4.78 is 122. The first-order valence-electron chi connectivity index (χ1n) is 21.1. The van der Waals surface area contributed by atoms with Crippen molar-refractivity contribution in [3.8, 4) is 0 Å². The smallest absolute Gasteiger partial charge is 0.419 e. The molecule has 1 atom stereocenters. The van der Waals surface area contributed by atoms with Crippen molar-refractivity contribution in [1.29, 1.82) is 0 Å². The van der Waals surface area contributed by atoms with Gasteiger partial charge in [-0.3, -0.25) is 14.5 Å². The molecule has 18 heteroatoms. The number of benzene rings is 5. The van der Waals surface area contributed by atoms with Crippen molar-refractivity contribution in [2.75, 3.05) is 30.3 Å². The third-order valence-electron chi connectivity index (χ3n) is 10.9. The summed E-state index contributed by atoms with van der Waals surface area (Å²) in [5.74, 6) is -4.14. The van der Waals surface area contributed by atoms with Crippen molar-refractivity contribution in [3.63, 3.8) is 0 Å². The molecule has 2 heterocycles. The molecular weight excluding hydrogens is 896 g/mol. The first-order chi connectivity index (χ1) is 31.4. The minimum absolute atomic E-state index is 0.133. The number of halogens is 9. The van der Waals surface area contributed by atoms with Gasteiger partial charge in [-0.2, -0.15) is 26.3 Å². The number of hydrogen-bond donors (Lipinski definition) is 3. The van der Waals surface area contributed by atoms with E-state index >= 15 is 0 Å². The zero-order valence-corrected chi connectivity index (χ0v) is 36.6. The number of nitrogens with one attached hydrogen (secondary N) is 2. The van der Waals surface area contributed by atoms with E-state index in [4.69, 9.17) is 4.74 Å². The van der Waals surface area contributed by atoms with Gasteiger partial charge in [-0.05, 0) is 121 Å². The lowest BCUT2D eigenvalue weighted by Crippen LogP contribution is -2.40. The van der Waals surface area contributed by atoms with Gasteiger partial charge in [0.2, 0.25) is 11.8 Å². The fraction of sp³-hybridized carbons (Fsp3) is 0.327. The maximum Gasteiger partial charge on any atom is 0.419 e. The van der Waals surface area contributed by atoms with Crippen LogP contribution in [-0.4, -0.2) is 58.0 Å². The Morgan fingerprint density at radius 1 is 0.657 bits per heavy atom. The van der Waals surface area contributed by atoms with Crippen LogP contribution in [0.4, 0.5) is 55.7 Å². The molecule has 356 valence electrons. The van der Waals surface area contributed by atoms with Crippen LogP contribution < -0.4 is 10.6 Å². The highest BCUT2D eigenvalue weighted by Crippen LogP contribution is 2.34. The van der Waals surface area contributed by atoms with Crippen LogP contribution in [0.15, 0.2) is 97.1 Å². The first-order valence-corrected chi connectivity index (χ1v) is 21.1.